The standard InChI is InChI=1S/C12H13ClFN3S/c1-9(13)12-8-17(16-15-12)6-7-18-11-4-2-10(14)3-5-11/h2-5,8-9H,6-7H2,1H3. The SMILES string of the molecule is CC(Cl)c1cn(CCSc2ccc(F)cc2)nn1. The lowest BCUT2D eigenvalue weighted by molar-refractivity contribution is 0.626. The zero-order valence-corrected chi connectivity index (χ0v) is 11.5. The molecule has 0 spiro atoms. The highest BCUT2D eigenvalue weighted by Crippen LogP contribution is 2.19. The fourth-order valence-electron chi connectivity index (χ4n) is 1.39. The van der Waals surface area contributed by atoms with E-state index in [0.717, 1.165) is 22.9 Å². The summed E-state index contributed by atoms with van der Waals surface area (Å²) in [6.45, 7) is 2.61. The maximum atomic E-state index is 12.7. The van der Waals surface area contributed by atoms with Crippen LogP contribution >= 0.6 is 23.4 Å². The molecule has 0 fully saturated rings. The molecule has 0 saturated carbocycles. The topological polar surface area (TPSA) is 30.7 Å². The molecule has 3 nitrogen and oxygen atoms in total. The molecule has 6 heteroatoms. The molecule has 0 bridgehead atoms. The number of hydrogen-bond acceptors (Lipinski definition) is 3. The van der Waals surface area contributed by atoms with Gasteiger partial charge in [-0.15, -0.1) is 28.5 Å². The van der Waals surface area contributed by atoms with Gasteiger partial charge in [0.25, 0.3) is 0 Å². The minimum Gasteiger partial charge on any atom is -0.251 e. The minimum atomic E-state index is -0.212. The van der Waals surface area contributed by atoms with Crippen molar-refractivity contribution in [3.63, 3.8) is 0 Å². The van der Waals surface area contributed by atoms with Gasteiger partial charge >= 0.3 is 0 Å². The average Bonchev–Trinajstić information content (AvgIpc) is 2.81. The van der Waals surface area contributed by atoms with Crippen LogP contribution in [-0.2, 0) is 6.54 Å². The molecule has 0 aliphatic carbocycles. The Bertz CT molecular complexity index is 498. The number of thioether (sulfide) groups is 1. The van der Waals surface area contributed by atoms with Crippen molar-refractivity contribution in [3.05, 3.63) is 42.0 Å². The summed E-state index contributed by atoms with van der Waals surface area (Å²) >= 11 is 7.56. The summed E-state index contributed by atoms with van der Waals surface area (Å²) in [5, 5.41) is 7.84. The summed E-state index contributed by atoms with van der Waals surface area (Å²) in [6, 6.07) is 6.47. The van der Waals surface area contributed by atoms with Crippen molar-refractivity contribution in [3.8, 4) is 0 Å². The van der Waals surface area contributed by atoms with E-state index in [-0.39, 0.29) is 11.2 Å². The second-order valence-electron chi connectivity index (χ2n) is 3.82. The molecule has 0 amide bonds. The van der Waals surface area contributed by atoms with Gasteiger partial charge in [-0.05, 0) is 31.2 Å². The number of halogens is 2. The lowest BCUT2D eigenvalue weighted by Crippen LogP contribution is -2.01. The maximum Gasteiger partial charge on any atom is 0.123 e. The summed E-state index contributed by atoms with van der Waals surface area (Å²) in [5.74, 6) is 0.641. The summed E-state index contributed by atoms with van der Waals surface area (Å²) in [5.41, 5.74) is 0.781. The average molecular weight is 286 g/mol. The number of benzene rings is 1. The third-order valence-electron chi connectivity index (χ3n) is 2.37. The molecule has 0 aliphatic heterocycles. The van der Waals surface area contributed by atoms with Crippen molar-refractivity contribution in [2.45, 2.75) is 23.7 Å². The Morgan fingerprint density at radius 1 is 1.39 bits per heavy atom. The van der Waals surface area contributed by atoms with Crippen molar-refractivity contribution >= 4 is 23.4 Å². The zero-order chi connectivity index (χ0) is 13.0. The van der Waals surface area contributed by atoms with Gasteiger partial charge in [-0.1, -0.05) is 5.21 Å². The molecule has 18 heavy (non-hydrogen) atoms. The van der Waals surface area contributed by atoms with Crippen molar-refractivity contribution in [1.82, 2.24) is 15.0 Å². The number of rotatable bonds is 5. The maximum absolute atomic E-state index is 12.7. The van der Waals surface area contributed by atoms with Crippen molar-refractivity contribution in [2.75, 3.05) is 5.75 Å². The monoisotopic (exact) mass is 285 g/mol. The molecular formula is C12H13ClFN3S. The Kier molecular flexibility index (Phi) is 4.60. The van der Waals surface area contributed by atoms with Crippen LogP contribution in [0, 0.1) is 5.82 Å². The van der Waals surface area contributed by atoms with Gasteiger partial charge in [0, 0.05) is 16.8 Å². The van der Waals surface area contributed by atoms with E-state index in [1.54, 1.807) is 28.6 Å². The number of hydrogen-bond donors (Lipinski definition) is 0. The van der Waals surface area contributed by atoms with Crippen LogP contribution < -0.4 is 0 Å². The molecule has 0 aliphatic rings. The second kappa shape index (κ2) is 6.20. The van der Waals surface area contributed by atoms with E-state index in [1.807, 2.05) is 13.1 Å². The molecule has 1 atom stereocenters. The lowest BCUT2D eigenvalue weighted by atomic mass is 10.4. The Labute approximate surface area is 114 Å². The molecule has 0 saturated heterocycles. The fourth-order valence-corrected chi connectivity index (χ4v) is 2.34. The van der Waals surface area contributed by atoms with Crippen LogP contribution in [0.2, 0.25) is 0 Å². The molecule has 0 radical (unpaired) electrons. The zero-order valence-electron chi connectivity index (χ0n) is 9.88. The molecule has 1 aromatic carbocycles. The van der Waals surface area contributed by atoms with E-state index in [9.17, 15) is 4.39 Å². The lowest BCUT2D eigenvalue weighted by Gasteiger charge is -2.01. The number of nitrogens with zero attached hydrogens (tertiary/aromatic N) is 3. The number of aryl methyl sites for hydroxylation is 1. The van der Waals surface area contributed by atoms with E-state index >= 15 is 0 Å². The summed E-state index contributed by atoms with van der Waals surface area (Å²) in [4.78, 5) is 1.04. The van der Waals surface area contributed by atoms with Crippen LogP contribution in [0.4, 0.5) is 4.39 Å². The Balaban J connectivity index is 1.82. The first kappa shape index (κ1) is 13.4. The Hall–Kier alpha value is -1.07. The van der Waals surface area contributed by atoms with Crippen LogP contribution in [0.25, 0.3) is 0 Å². The van der Waals surface area contributed by atoms with Crippen LogP contribution in [0.1, 0.15) is 18.0 Å². The first-order valence-electron chi connectivity index (χ1n) is 5.57. The second-order valence-corrected chi connectivity index (χ2v) is 5.65. The highest BCUT2D eigenvalue weighted by molar-refractivity contribution is 7.99. The van der Waals surface area contributed by atoms with Crippen molar-refractivity contribution < 1.29 is 4.39 Å². The first-order chi connectivity index (χ1) is 8.65. The quantitative estimate of drug-likeness (QED) is 0.622. The molecule has 1 aromatic heterocycles. The van der Waals surface area contributed by atoms with Gasteiger partial charge in [0.2, 0.25) is 0 Å². The highest BCUT2D eigenvalue weighted by atomic mass is 35.5. The third kappa shape index (κ3) is 3.71. The Morgan fingerprint density at radius 2 is 2.11 bits per heavy atom. The van der Waals surface area contributed by atoms with Gasteiger partial charge in [-0.3, -0.25) is 4.68 Å². The summed E-state index contributed by atoms with van der Waals surface area (Å²) < 4.78 is 14.5. The van der Waals surface area contributed by atoms with E-state index in [1.165, 1.54) is 12.1 Å². The normalized spacial score (nSPS) is 12.6. The van der Waals surface area contributed by atoms with Crippen molar-refractivity contribution in [1.29, 1.82) is 0 Å². The van der Waals surface area contributed by atoms with Gasteiger partial charge in [-0.25, -0.2) is 4.39 Å². The predicted octanol–water partition coefficient (Wildman–Crippen LogP) is 3.51. The smallest absolute Gasteiger partial charge is 0.123 e. The van der Waals surface area contributed by atoms with Crippen LogP contribution in [0.3, 0.4) is 0 Å². The van der Waals surface area contributed by atoms with Crippen LogP contribution in [0.15, 0.2) is 35.4 Å². The van der Waals surface area contributed by atoms with Gasteiger partial charge in [0.15, 0.2) is 0 Å². The van der Waals surface area contributed by atoms with E-state index in [2.05, 4.69) is 10.3 Å². The van der Waals surface area contributed by atoms with E-state index in [4.69, 9.17) is 11.6 Å². The number of alkyl halides is 1. The molecular weight excluding hydrogens is 273 g/mol. The van der Waals surface area contributed by atoms with Gasteiger partial charge in [0.05, 0.1) is 11.9 Å². The van der Waals surface area contributed by atoms with Crippen LogP contribution in [0.5, 0.6) is 0 Å². The van der Waals surface area contributed by atoms with E-state index < -0.39 is 0 Å². The summed E-state index contributed by atoms with van der Waals surface area (Å²) in [6.07, 6.45) is 1.85. The molecule has 1 heterocycles. The van der Waals surface area contributed by atoms with Gasteiger partial charge < -0.3 is 0 Å². The largest absolute Gasteiger partial charge is 0.251 e. The molecule has 2 rings (SSSR count). The van der Waals surface area contributed by atoms with E-state index in [0.29, 0.717) is 0 Å². The minimum absolute atomic E-state index is 0.122. The first-order valence-corrected chi connectivity index (χ1v) is 7.00. The predicted molar refractivity (Wildman–Crippen MR) is 71.4 cm³/mol. The fraction of sp³-hybridized carbons (Fsp3) is 0.333. The number of aromatic nitrogens is 3. The molecule has 0 N–H and O–H groups in total. The molecule has 96 valence electrons. The van der Waals surface area contributed by atoms with Gasteiger partial charge in [0.1, 0.15) is 11.5 Å². The molecule has 1 unspecified atom stereocenters. The Morgan fingerprint density at radius 3 is 2.72 bits per heavy atom. The van der Waals surface area contributed by atoms with Crippen molar-refractivity contribution in [2.24, 2.45) is 0 Å². The third-order valence-corrected chi connectivity index (χ3v) is 3.58. The molecule has 2 aromatic rings. The van der Waals surface area contributed by atoms with Crippen LogP contribution in [-0.4, -0.2) is 20.7 Å². The van der Waals surface area contributed by atoms with Gasteiger partial charge in [-0.2, -0.15) is 0 Å². The summed E-state index contributed by atoms with van der Waals surface area (Å²) in [7, 11) is 0. The highest BCUT2D eigenvalue weighted by Gasteiger charge is 2.06.